The summed E-state index contributed by atoms with van der Waals surface area (Å²) in [5.41, 5.74) is 0.907. The van der Waals surface area contributed by atoms with Crippen LogP contribution in [0.4, 0.5) is 14.9 Å². The number of benzene rings is 1. The summed E-state index contributed by atoms with van der Waals surface area (Å²) in [5.74, 6) is -1.84. The molecule has 0 unspecified atom stereocenters. The van der Waals surface area contributed by atoms with E-state index in [4.69, 9.17) is 0 Å². The molecule has 0 bridgehead atoms. The number of rotatable bonds is 5. The maximum Gasteiger partial charge on any atom is 0.329 e. The molecule has 1 aromatic carbocycles. The highest BCUT2D eigenvalue weighted by Gasteiger charge is 2.35. The van der Waals surface area contributed by atoms with E-state index >= 15 is 0 Å². The molecule has 1 aliphatic heterocycles. The molecule has 1 saturated heterocycles. The van der Waals surface area contributed by atoms with Crippen molar-refractivity contribution in [1.82, 2.24) is 14.8 Å². The lowest BCUT2D eigenvalue weighted by molar-refractivity contribution is -0.127. The lowest BCUT2D eigenvalue weighted by Crippen LogP contribution is -2.38. The minimum atomic E-state index is -0.680. The van der Waals surface area contributed by atoms with E-state index in [1.807, 2.05) is 18.5 Å². The van der Waals surface area contributed by atoms with Gasteiger partial charge in [-0.2, -0.15) is 0 Å². The van der Waals surface area contributed by atoms with Crippen LogP contribution in [0.25, 0.3) is 6.08 Å². The fourth-order valence-corrected chi connectivity index (χ4v) is 3.72. The lowest BCUT2D eigenvalue weighted by Gasteiger charge is -2.12. The van der Waals surface area contributed by atoms with Crippen LogP contribution in [0.5, 0.6) is 0 Å². The Bertz CT molecular complexity index is 991. The van der Waals surface area contributed by atoms with E-state index in [9.17, 15) is 18.8 Å². The largest absolute Gasteiger partial charge is 0.351 e. The average molecular weight is 396 g/mol. The molecule has 29 heavy (non-hydrogen) atoms. The molecule has 2 aliphatic rings. The Morgan fingerprint density at radius 2 is 1.97 bits per heavy atom. The van der Waals surface area contributed by atoms with E-state index in [-0.39, 0.29) is 11.4 Å². The fraction of sp³-hybridized carbons (Fsp3) is 0.286. The third kappa shape index (κ3) is 4.06. The van der Waals surface area contributed by atoms with Crippen molar-refractivity contribution >= 4 is 29.6 Å². The summed E-state index contributed by atoms with van der Waals surface area (Å²) in [7, 11) is 0. The fourth-order valence-electron chi connectivity index (χ4n) is 3.72. The van der Waals surface area contributed by atoms with Gasteiger partial charge in [0.25, 0.3) is 5.91 Å². The predicted octanol–water partition coefficient (Wildman–Crippen LogP) is 3.27. The molecule has 2 aromatic rings. The van der Waals surface area contributed by atoms with Crippen molar-refractivity contribution in [3.8, 4) is 0 Å². The smallest absolute Gasteiger partial charge is 0.329 e. The Morgan fingerprint density at radius 3 is 2.72 bits per heavy atom. The zero-order valence-corrected chi connectivity index (χ0v) is 15.7. The Morgan fingerprint density at radius 1 is 1.21 bits per heavy atom. The lowest BCUT2D eigenvalue weighted by atomic mass is 10.2. The molecule has 8 heteroatoms. The minimum absolute atomic E-state index is 0.00595. The standard InChI is InChI=1S/C21H21FN4O3/c22-16-7-3-4-8-17(16)23-19(27)13-26-20(28)18(24-21(26)29)11-14-9-10-25(12-14)15-5-1-2-6-15/h3-4,7-12,15H,1-2,5-6,13H2,(H,23,27)(H,24,29)/b18-11+. The first kappa shape index (κ1) is 18.9. The molecule has 1 saturated carbocycles. The SMILES string of the molecule is O=C(CN1C(=O)N/C(=C/c2ccn(C3CCCC3)c2)C1=O)Nc1ccccc1F. The molecule has 2 heterocycles. The topological polar surface area (TPSA) is 83.4 Å². The van der Waals surface area contributed by atoms with Crippen LogP contribution >= 0.6 is 0 Å². The number of hydrogen-bond donors (Lipinski definition) is 2. The van der Waals surface area contributed by atoms with Crippen molar-refractivity contribution in [1.29, 1.82) is 0 Å². The van der Waals surface area contributed by atoms with Gasteiger partial charge in [0.05, 0.1) is 5.69 Å². The highest BCUT2D eigenvalue weighted by atomic mass is 19.1. The van der Waals surface area contributed by atoms with E-state index < -0.39 is 30.2 Å². The summed E-state index contributed by atoms with van der Waals surface area (Å²) in [4.78, 5) is 37.7. The number of aromatic nitrogens is 1. The molecule has 0 spiro atoms. The summed E-state index contributed by atoms with van der Waals surface area (Å²) in [6.45, 7) is -0.501. The summed E-state index contributed by atoms with van der Waals surface area (Å²) >= 11 is 0. The van der Waals surface area contributed by atoms with Crippen LogP contribution < -0.4 is 10.6 Å². The summed E-state index contributed by atoms with van der Waals surface area (Å²) in [6.07, 6.45) is 10.3. The zero-order valence-electron chi connectivity index (χ0n) is 15.7. The first-order valence-corrected chi connectivity index (χ1v) is 9.57. The second-order valence-electron chi connectivity index (χ2n) is 7.24. The van der Waals surface area contributed by atoms with Crippen LogP contribution in [0.1, 0.15) is 37.3 Å². The number of urea groups is 1. The maximum atomic E-state index is 13.6. The van der Waals surface area contributed by atoms with Gasteiger partial charge in [0, 0.05) is 18.4 Å². The quantitative estimate of drug-likeness (QED) is 0.601. The van der Waals surface area contributed by atoms with Gasteiger partial charge in [-0.1, -0.05) is 25.0 Å². The number of para-hydroxylation sites is 1. The first-order valence-electron chi connectivity index (χ1n) is 9.57. The molecule has 0 atom stereocenters. The van der Waals surface area contributed by atoms with Crippen LogP contribution in [0, 0.1) is 5.82 Å². The highest BCUT2D eigenvalue weighted by molar-refractivity contribution is 6.15. The third-order valence-corrected chi connectivity index (χ3v) is 5.21. The van der Waals surface area contributed by atoms with Crippen LogP contribution in [0.2, 0.25) is 0 Å². The molecule has 4 amide bonds. The van der Waals surface area contributed by atoms with Gasteiger partial charge in [-0.15, -0.1) is 0 Å². The first-order chi connectivity index (χ1) is 14.0. The highest BCUT2D eigenvalue weighted by Crippen LogP contribution is 2.30. The summed E-state index contributed by atoms with van der Waals surface area (Å²) < 4.78 is 15.8. The predicted molar refractivity (Wildman–Crippen MR) is 105 cm³/mol. The zero-order chi connectivity index (χ0) is 20.4. The molecular weight excluding hydrogens is 375 g/mol. The molecule has 150 valence electrons. The number of carbonyl (C=O) groups is 3. The molecule has 4 rings (SSSR count). The number of nitrogens with zero attached hydrogens (tertiary/aromatic N) is 2. The Kier molecular flexibility index (Phi) is 5.16. The Hall–Kier alpha value is -3.42. The van der Waals surface area contributed by atoms with Gasteiger partial charge in [-0.3, -0.25) is 9.59 Å². The van der Waals surface area contributed by atoms with Gasteiger partial charge in [0.2, 0.25) is 5.91 Å². The van der Waals surface area contributed by atoms with Crippen molar-refractivity contribution in [3.63, 3.8) is 0 Å². The monoisotopic (exact) mass is 396 g/mol. The third-order valence-electron chi connectivity index (χ3n) is 5.21. The molecule has 2 N–H and O–H groups in total. The number of imide groups is 1. The van der Waals surface area contributed by atoms with Crippen LogP contribution in [-0.4, -0.2) is 33.9 Å². The van der Waals surface area contributed by atoms with Gasteiger partial charge in [-0.05, 0) is 42.7 Å². The van der Waals surface area contributed by atoms with E-state index in [2.05, 4.69) is 15.2 Å². The van der Waals surface area contributed by atoms with Crippen molar-refractivity contribution in [2.75, 3.05) is 11.9 Å². The normalized spacial score (nSPS) is 18.5. The van der Waals surface area contributed by atoms with Crippen molar-refractivity contribution < 1.29 is 18.8 Å². The second kappa shape index (κ2) is 7.90. The summed E-state index contributed by atoms with van der Waals surface area (Å²) in [5, 5.41) is 4.86. The number of anilines is 1. The average Bonchev–Trinajstić information content (AvgIpc) is 3.42. The Labute approximate surface area is 167 Å². The Balaban J connectivity index is 1.42. The molecule has 2 fully saturated rings. The van der Waals surface area contributed by atoms with E-state index in [1.165, 1.54) is 31.0 Å². The van der Waals surface area contributed by atoms with Crippen LogP contribution in [-0.2, 0) is 9.59 Å². The van der Waals surface area contributed by atoms with Gasteiger partial charge >= 0.3 is 6.03 Å². The van der Waals surface area contributed by atoms with Gasteiger partial charge in [-0.25, -0.2) is 14.1 Å². The van der Waals surface area contributed by atoms with Crippen LogP contribution in [0.15, 0.2) is 48.4 Å². The van der Waals surface area contributed by atoms with Gasteiger partial charge in [0.1, 0.15) is 18.1 Å². The van der Waals surface area contributed by atoms with Crippen molar-refractivity contribution in [2.45, 2.75) is 31.7 Å². The molecule has 1 aliphatic carbocycles. The van der Waals surface area contributed by atoms with Gasteiger partial charge < -0.3 is 15.2 Å². The second-order valence-corrected chi connectivity index (χ2v) is 7.24. The molecular formula is C21H21FN4O3. The number of nitrogens with one attached hydrogen (secondary N) is 2. The number of hydrogen-bond acceptors (Lipinski definition) is 3. The number of halogens is 1. The molecule has 7 nitrogen and oxygen atoms in total. The van der Waals surface area contributed by atoms with Crippen molar-refractivity contribution in [3.05, 3.63) is 59.8 Å². The van der Waals surface area contributed by atoms with E-state index in [0.29, 0.717) is 6.04 Å². The van der Waals surface area contributed by atoms with Crippen LogP contribution in [0.3, 0.4) is 0 Å². The maximum absolute atomic E-state index is 13.6. The van der Waals surface area contributed by atoms with E-state index in [1.54, 1.807) is 12.1 Å². The van der Waals surface area contributed by atoms with Crippen molar-refractivity contribution in [2.24, 2.45) is 0 Å². The molecule has 0 radical (unpaired) electrons. The number of amides is 4. The van der Waals surface area contributed by atoms with E-state index in [0.717, 1.165) is 23.3 Å². The summed E-state index contributed by atoms with van der Waals surface area (Å²) in [6, 6.07) is 7.37. The number of carbonyl (C=O) groups excluding carboxylic acids is 3. The minimum Gasteiger partial charge on any atom is -0.351 e. The molecule has 1 aromatic heterocycles. The van der Waals surface area contributed by atoms with Gasteiger partial charge in [0.15, 0.2) is 0 Å².